The summed E-state index contributed by atoms with van der Waals surface area (Å²) < 4.78 is 0. The van der Waals surface area contributed by atoms with Crippen LogP contribution < -0.4 is 5.73 Å². The van der Waals surface area contributed by atoms with E-state index in [-0.39, 0.29) is 11.9 Å². The molecule has 1 fully saturated rings. The Morgan fingerprint density at radius 3 is 2.79 bits per heavy atom. The molecule has 1 aromatic rings. The van der Waals surface area contributed by atoms with Crippen LogP contribution in [0, 0.1) is 0 Å². The summed E-state index contributed by atoms with van der Waals surface area (Å²) >= 11 is 0. The zero-order valence-electron chi connectivity index (χ0n) is 8.23. The van der Waals surface area contributed by atoms with Gasteiger partial charge in [-0.05, 0) is 24.6 Å². The van der Waals surface area contributed by atoms with Gasteiger partial charge in [0, 0.05) is 18.7 Å². The van der Waals surface area contributed by atoms with E-state index in [0.717, 1.165) is 17.8 Å². The number of carbonyl (C=O) groups excluding carboxylic acids is 1. The molecule has 0 aliphatic carbocycles. The highest BCUT2D eigenvalue weighted by Crippen LogP contribution is 2.26. The molecule has 1 saturated heterocycles. The monoisotopic (exact) mass is 190 g/mol. The van der Waals surface area contributed by atoms with Gasteiger partial charge in [0.05, 0.1) is 6.04 Å². The van der Waals surface area contributed by atoms with E-state index in [1.807, 2.05) is 36.1 Å². The number of anilines is 1. The second-order valence-corrected chi connectivity index (χ2v) is 3.68. The second kappa shape index (κ2) is 3.33. The minimum absolute atomic E-state index is 0.153. The Hall–Kier alpha value is -1.51. The van der Waals surface area contributed by atoms with Gasteiger partial charge in [0.2, 0.25) is 5.91 Å². The third kappa shape index (κ3) is 1.45. The summed E-state index contributed by atoms with van der Waals surface area (Å²) in [4.78, 5) is 13.1. The summed E-state index contributed by atoms with van der Waals surface area (Å²) in [6, 6.07) is 7.86. The SMILES string of the molecule is CC(c1cccc(N)c1)N1CCC1=O. The lowest BCUT2D eigenvalue weighted by Gasteiger charge is -2.36. The molecule has 0 spiro atoms. The average molecular weight is 190 g/mol. The Morgan fingerprint density at radius 1 is 1.50 bits per heavy atom. The molecule has 0 aromatic heterocycles. The van der Waals surface area contributed by atoms with Crippen molar-refractivity contribution in [2.45, 2.75) is 19.4 Å². The zero-order valence-corrected chi connectivity index (χ0v) is 8.23. The first-order valence-electron chi connectivity index (χ1n) is 4.83. The van der Waals surface area contributed by atoms with Crippen LogP contribution in [0.3, 0.4) is 0 Å². The van der Waals surface area contributed by atoms with Gasteiger partial charge in [-0.1, -0.05) is 12.1 Å². The Morgan fingerprint density at radius 2 is 2.29 bits per heavy atom. The molecule has 3 heteroatoms. The first-order valence-corrected chi connectivity index (χ1v) is 4.83. The molecule has 0 radical (unpaired) electrons. The van der Waals surface area contributed by atoms with Gasteiger partial charge in [0.1, 0.15) is 0 Å². The van der Waals surface area contributed by atoms with Crippen LogP contribution in [0.4, 0.5) is 5.69 Å². The molecule has 1 heterocycles. The van der Waals surface area contributed by atoms with Gasteiger partial charge in [-0.3, -0.25) is 4.79 Å². The van der Waals surface area contributed by atoms with Crippen molar-refractivity contribution >= 4 is 11.6 Å². The molecule has 14 heavy (non-hydrogen) atoms. The van der Waals surface area contributed by atoms with Crippen LogP contribution in [0.5, 0.6) is 0 Å². The van der Waals surface area contributed by atoms with E-state index < -0.39 is 0 Å². The molecule has 1 atom stereocenters. The van der Waals surface area contributed by atoms with Crippen molar-refractivity contribution < 1.29 is 4.79 Å². The summed E-state index contributed by atoms with van der Waals surface area (Å²) in [7, 11) is 0. The van der Waals surface area contributed by atoms with Crippen molar-refractivity contribution in [3.8, 4) is 0 Å². The fourth-order valence-electron chi connectivity index (χ4n) is 1.74. The van der Waals surface area contributed by atoms with Gasteiger partial charge in [0.15, 0.2) is 0 Å². The van der Waals surface area contributed by atoms with Gasteiger partial charge in [0.25, 0.3) is 0 Å². The standard InChI is InChI=1S/C11H14N2O/c1-8(13-6-5-11(13)14)9-3-2-4-10(12)7-9/h2-4,7-8H,5-6,12H2,1H3. The van der Waals surface area contributed by atoms with Crippen molar-refractivity contribution in [3.05, 3.63) is 29.8 Å². The number of hydrogen-bond donors (Lipinski definition) is 1. The number of nitrogen functional groups attached to an aromatic ring is 1. The first kappa shape index (κ1) is 9.06. The number of benzene rings is 1. The summed E-state index contributed by atoms with van der Waals surface area (Å²) in [6.07, 6.45) is 0.687. The Labute approximate surface area is 83.5 Å². The minimum atomic E-state index is 0.153. The number of likely N-dealkylation sites (tertiary alicyclic amines) is 1. The summed E-state index contributed by atoms with van der Waals surface area (Å²) in [5, 5.41) is 0. The van der Waals surface area contributed by atoms with Crippen LogP contribution in [0.2, 0.25) is 0 Å². The zero-order chi connectivity index (χ0) is 10.1. The lowest BCUT2D eigenvalue weighted by molar-refractivity contribution is -0.142. The van der Waals surface area contributed by atoms with E-state index >= 15 is 0 Å². The highest BCUT2D eigenvalue weighted by atomic mass is 16.2. The molecule has 2 N–H and O–H groups in total. The molecule has 0 saturated carbocycles. The van der Waals surface area contributed by atoms with E-state index in [9.17, 15) is 4.79 Å². The molecule has 1 unspecified atom stereocenters. The molecule has 1 aromatic carbocycles. The number of hydrogen-bond acceptors (Lipinski definition) is 2. The van der Waals surface area contributed by atoms with Gasteiger partial charge in [-0.15, -0.1) is 0 Å². The molecule has 1 amide bonds. The van der Waals surface area contributed by atoms with Crippen LogP contribution in [-0.2, 0) is 4.79 Å². The molecule has 3 nitrogen and oxygen atoms in total. The quantitative estimate of drug-likeness (QED) is 0.568. The third-order valence-electron chi connectivity index (χ3n) is 2.75. The first-order chi connectivity index (χ1) is 6.68. The maximum atomic E-state index is 11.2. The summed E-state index contributed by atoms with van der Waals surface area (Å²) in [6.45, 7) is 2.90. The van der Waals surface area contributed by atoms with Gasteiger partial charge >= 0.3 is 0 Å². The maximum Gasteiger partial charge on any atom is 0.224 e. The normalized spacial score (nSPS) is 17.8. The Kier molecular flexibility index (Phi) is 2.15. The van der Waals surface area contributed by atoms with Crippen LogP contribution >= 0.6 is 0 Å². The van der Waals surface area contributed by atoms with Crippen LogP contribution in [0.1, 0.15) is 24.9 Å². The van der Waals surface area contributed by atoms with Crippen molar-refractivity contribution in [3.63, 3.8) is 0 Å². The maximum absolute atomic E-state index is 11.2. The van der Waals surface area contributed by atoms with Crippen molar-refractivity contribution in [2.75, 3.05) is 12.3 Å². The topological polar surface area (TPSA) is 46.3 Å². The number of rotatable bonds is 2. The number of nitrogens with zero attached hydrogens (tertiary/aromatic N) is 1. The van der Waals surface area contributed by atoms with Gasteiger partial charge in [-0.25, -0.2) is 0 Å². The molecular weight excluding hydrogens is 176 g/mol. The van der Waals surface area contributed by atoms with Crippen LogP contribution in [0.25, 0.3) is 0 Å². The lowest BCUT2D eigenvalue weighted by atomic mass is 10.0. The number of β-lactam (4-membered cyclic amide) rings is 1. The average Bonchev–Trinajstić information content (AvgIpc) is 2.15. The second-order valence-electron chi connectivity index (χ2n) is 3.68. The smallest absolute Gasteiger partial charge is 0.224 e. The summed E-state index contributed by atoms with van der Waals surface area (Å²) in [5.74, 6) is 0.236. The number of nitrogens with two attached hydrogens (primary N) is 1. The largest absolute Gasteiger partial charge is 0.399 e. The van der Waals surface area contributed by atoms with E-state index in [4.69, 9.17) is 5.73 Å². The third-order valence-corrected chi connectivity index (χ3v) is 2.75. The van der Waals surface area contributed by atoms with E-state index in [2.05, 4.69) is 0 Å². The van der Waals surface area contributed by atoms with Crippen molar-refractivity contribution in [1.29, 1.82) is 0 Å². The van der Waals surface area contributed by atoms with E-state index in [0.29, 0.717) is 6.42 Å². The molecule has 1 aliphatic heterocycles. The van der Waals surface area contributed by atoms with E-state index in [1.54, 1.807) is 0 Å². The number of carbonyl (C=O) groups is 1. The van der Waals surface area contributed by atoms with Gasteiger partial charge < -0.3 is 10.6 Å². The van der Waals surface area contributed by atoms with Gasteiger partial charge in [-0.2, -0.15) is 0 Å². The highest BCUT2D eigenvalue weighted by molar-refractivity contribution is 5.82. The molecular formula is C11H14N2O. The van der Waals surface area contributed by atoms with Crippen LogP contribution in [0.15, 0.2) is 24.3 Å². The summed E-state index contributed by atoms with van der Waals surface area (Å²) in [5.41, 5.74) is 7.55. The van der Waals surface area contributed by atoms with Crippen molar-refractivity contribution in [1.82, 2.24) is 4.90 Å². The Balaban J connectivity index is 2.18. The highest BCUT2D eigenvalue weighted by Gasteiger charge is 2.28. The minimum Gasteiger partial charge on any atom is -0.399 e. The molecule has 74 valence electrons. The Bertz CT molecular complexity index is 362. The predicted octanol–water partition coefficient (Wildman–Crippen LogP) is 1.56. The number of amides is 1. The van der Waals surface area contributed by atoms with E-state index in [1.165, 1.54) is 0 Å². The molecule has 2 rings (SSSR count). The predicted molar refractivity (Wildman–Crippen MR) is 55.6 cm³/mol. The fraction of sp³-hybridized carbons (Fsp3) is 0.364. The molecule has 1 aliphatic rings. The fourth-order valence-corrected chi connectivity index (χ4v) is 1.74. The van der Waals surface area contributed by atoms with Crippen LogP contribution in [-0.4, -0.2) is 17.4 Å². The lowest BCUT2D eigenvalue weighted by Crippen LogP contribution is -2.44. The van der Waals surface area contributed by atoms with Crippen molar-refractivity contribution in [2.24, 2.45) is 0 Å². The molecule has 0 bridgehead atoms.